The van der Waals surface area contributed by atoms with Crippen LogP contribution >= 0.6 is 0 Å². The number of benzene rings is 1. The number of carbonyl (C=O) groups excluding carboxylic acids is 1. The second-order valence-corrected chi connectivity index (χ2v) is 6.07. The SMILES string of the molecule is CC(C)(C)OC(=O)c1cccc(CNc2ncccc2C#N)c1. The van der Waals surface area contributed by atoms with Crippen molar-refractivity contribution in [2.24, 2.45) is 0 Å². The number of rotatable bonds is 4. The van der Waals surface area contributed by atoms with Gasteiger partial charge < -0.3 is 10.1 Å². The molecule has 2 aromatic rings. The van der Waals surface area contributed by atoms with Crippen LogP contribution < -0.4 is 5.32 Å². The molecule has 0 aliphatic rings. The molecule has 0 saturated heterocycles. The van der Waals surface area contributed by atoms with E-state index in [4.69, 9.17) is 10.00 Å². The molecule has 0 saturated carbocycles. The number of nitriles is 1. The number of aromatic nitrogens is 1. The summed E-state index contributed by atoms with van der Waals surface area (Å²) >= 11 is 0. The Morgan fingerprint density at radius 1 is 1.30 bits per heavy atom. The van der Waals surface area contributed by atoms with Crippen LogP contribution in [-0.4, -0.2) is 16.6 Å². The van der Waals surface area contributed by atoms with Gasteiger partial charge in [0.25, 0.3) is 0 Å². The summed E-state index contributed by atoms with van der Waals surface area (Å²) in [4.78, 5) is 16.2. The Morgan fingerprint density at radius 2 is 2.09 bits per heavy atom. The molecule has 1 aromatic heterocycles. The Hall–Kier alpha value is -2.87. The number of ether oxygens (including phenoxy) is 1. The van der Waals surface area contributed by atoms with E-state index in [0.717, 1.165) is 5.56 Å². The average Bonchev–Trinajstić information content (AvgIpc) is 2.52. The summed E-state index contributed by atoms with van der Waals surface area (Å²) in [6.45, 7) is 5.96. The first kappa shape index (κ1) is 16.5. The van der Waals surface area contributed by atoms with E-state index in [1.165, 1.54) is 0 Å². The van der Waals surface area contributed by atoms with Gasteiger partial charge in [-0.3, -0.25) is 0 Å². The summed E-state index contributed by atoms with van der Waals surface area (Å²) in [5.74, 6) is 0.174. The summed E-state index contributed by atoms with van der Waals surface area (Å²) in [6, 6.07) is 12.7. The van der Waals surface area contributed by atoms with Gasteiger partial charge in [0.1, 0.15) is 17.5 Å². The van der Waals surface area contributed by atoms with Gasteiger partial charge in [0, 0.05) is 12.7 Å². The monoisotopic (exact) mass is 309 g/mol. The highest BCUT2D eigenvalue weighted by atomic mass is 16.6. The lowest BCUT2D eigenvalue weighted by Gasteiger charge is -2.19. The molecular formula is C18H19N3O2. The molecule has 0 aliphatic heterocycles. The predicted octanol–water partition coefficient (Wildman–Crippen LogP) is 3.52. The molecule has 118 valence electrons. The van der Waals surface area contributed by atoms with Gasteiger partial charge in [0.2, 0.25) is 0 Å². The highest BCUT2D eigenvalue weighted by Crippen LogP contribution is 2.15. The molecule has 0 unspecified atom stereocenters. The largest absolute Gasteiger partial charge is 0.456 e. The van der Waals surface area contributed by atoms with Crippen molar-refractivity contribution < 1.29 is 9.53 Å². The number of pyridine rings is 1. The second-order valence-electron chi connectivity index (χ2n) is 6.07. The average molecular weight is 309 g/mol. The molecule has 0 radical (unpaired) electrons. The minimum atomic E-state index is -0.527. The highest BCUT2D eigenvalue weighted by molar-refractivity contribution is 5.89. The maximum atomic E-state index is 12.1. The molecular weight excluding hydrogens is 290 g/mol. The Labute approximate surface area is 135 Å². The number of carbonyl (C=O) groups is 1. The maximum Gasteiger partial charge on any atom is 0.338 e. The molecule has 0 spiro atoms. The second kappa shape index (κ2) is 6.93. The van der Waals surface area contributed by atoms with Crippen molar-refractivity contribution in [1.29, 1.82) is 5.26 Å². The van der Waals surface area contributed by atoms with Crippen LogP contribution in [0.25, 0.3) is 0 Å². The molecule has 0 atom stereocenters. The van der Waals surface area contributed by atoms with Crippen LogP contribution in [0.5, 0.6) is 0 Å². The van der Waals surface area contributed by atoms with Gasteiger partial charge >= 0.3 is 5.97 Å². The van der Waals surface area contributed by atoms with Crippen molar-refractivity contribution >= 4 is 11.8 Å². The lowest BCUT2D eigenvalue weighted by molar-refractivity contribution is 0.00694. The Balaban J connectivity index is 2.09. The number of anilines is 1. The van der Waals surface area contributed by atoms with Gasteiger partial charge in [-0.05, 0) is 50.6 Å². The minimum Gasteiger partial charge on any atom is -0.456 e. The van der Waals surface area contributed by atoms with E-state index in [1.54, 1.807) is 36.5 Å². The first-order valence-corrected chi connectivity index (χ1v) is 7.30. The molecule has 23 heavy (non-hydrogen) atoms. The van der Waals surface area contributed by atoms with Crippen molar-refractivity contribution in [3.63, 3.8) is 0 Å². The molecule has 1 aromatic carbocycles. The van der Waals surface area contributed by atoms with E-state index in [9.17, 15) is 4.79 Å². The molecule has 1 N–H and O–H groups in total. The number of nitrogens with one attached hydrogen (secondary N) is 1. The standard InChI is InChI=1S/C18H19N3O2/c1-18(2,3)23-17(22)14-7-4-6-13(10-14)12-21-16-15(11-19)8-5-9-20-16/h4-10H,12H2,1-3H3,(H,20,21). The summed E-state index contributed by atoms with van der Waals surface area (Å²) in [5.41, 5.74) is 1.36. The summed E-state index contributed by atoms with van der Waals surface area (Å²) < 4.78 is 5.36. The fourth-order valence-electron chi connectivity index (χ4n) is 1.97. The first-order chi connectivity index (χ1) is 10.9. The zero-order chi connectivity index (χ0) is 16.9. The molecule has 0 fully saturated rings. The number of nitrogens with zero attached hydrogens (tertiary/aromatic N) is 2. The Morgan fingerprint density at radius 3 is 2.78 bits per heavy atom. The zero-order valence-electron chi connectivity index (χ0n) is 13.5. The molecule has 0 amide bonds. The van der Waals surface area contributed by atoms with E-state index in [2.05, 4.69) is 16.4 Å². The van der Waals surface area contributed by atoms with Crippen LogP contribution in [0.4, 0.5) is 5.82 Å². The van der Waals surface area contributed by atoms with Crippen LogP contribution in [0.1, 0.15) is 42.3 Å². The quantitative estimate of drug-likeness (QED) is 0.875. The molecule has 1 heterocycles. The summed E-state index contributed by atoms with van der Waals surface area (Å²) in [7, 11) is 0. The van der Waals surface area contributed by atoms with Crippen molar-refractivity contribution in [3.8, 4) is 6.07 Å². The van der Waals surface area contributed by atoms with Crippen molar-refractivity contribution in [3.05, 3.63) is 59.3 Å². The normalized spacial score (nSPS) is 10.7. The molecule has 0 bridgehead atoms. The van der Waals surface area contributed by atoms with Gasteiger partial charge in [-0.2, -0.15) is 5.26 Å². The smallest absolute Gasteiger partial charge is 0.338 e. The van der Waals surface area contributed by atoms with Crippen molar-refractivity contribution in [2.75, 3.05) is 5.32 Å². The van der Waals surface area contributed by atoms with E-state index in [-0.39, 0.29) is 5.97 Å². The van der Waals surface area contributed by atoms with Crippen molar-refractivity contribution in [2.45, 2.75) is 32.9 Å². The Bertz CT molecular complexity index is 742. The van der Waals surface area contributed by atoms with Crippen LogP contribution in [0.2, 0.25) is 0 Å². The Kier molecular flexibility index (Phi) is 4.97. The van der Waals surface area contributed by atoms with Gasteiger partial charge in [-0.1, -0.05) is 12.1 Å². The molecule has 5 heteroatoms. The fourth-order valence-corrected chi connectivity index (χ4v) is 1.97. The van der Waals surface area contributed by atoms with Gasteiger partial charge in [-0.25, -0.2) is 9.78 Å². The zero-order valence-corrected chi connectivity index (χ0v) is 13.5. The molecule has 5 nitrogen and oxygen atoms in total. The predicted molar refractivity (Wildman–Crippen MR) is 87.9 cm³/mol. The minimum absolute atomic E-state index is 0.352. The topological polar surface area (TPSA) is 75.0 Å². The van der Waals surface area contributed by atoms with Gasteiger partial charge in [0.05, 0.1) is 11.1 Å². The highest BCUT2D eigenvalue weighted by Gasteiger charge is 2.17. The number of esters is 1. The number of hydrogen-bond donors (Lipinski definition) is 1. The van der Waals surface area contributed by atoms with E-state index in [0.29, 0.717) is 23.5 Å². The molecule has 0 aliphatic carbocycles. The summed E-state index contributed by atoms with van der Waals surface area (Å²) in [6.07, 6.45) is 1.63. The number of hydrogen-bond acceptors (Lipinski definition) is 5. The first-order valence-electron chi connectivity index (χ1n) is 7.30. The third-order valence-electron chi connectivity index (χ3n) is 2.95. The van der Waals surface area contributed by atoms with E-state index in [1.807, 2.05) is 26.8 Å². The van der Waals surface area contributed by atoms with Crippen LogP contribution in [0.15, 0.2) is 42.6 Å². The van der Waals surface area contributed by atoms with Crippen LogP contribution in [0.3, 0.4) is 0 Å². The summed E-state index contributed by atoms with van der Waals surface area (Å²) in [5, 5.41) is 12.2. The maximum absolute atomic E-state index is 12.1. The van der Waals surface area contributed by atoms with Crippen LogP contribution in [-0.2, 0) is 11.3 Å². The van der Waals surface area contributed by atoms with E-state index < -0.39 is 5.60 Å². The van der Waals surface area contributed by atoms with E-state index >= 15 is 0 Å². The molecule has 2 rings (SSSR count). The van der Waals surface area contributed by atoms with Gasteiger partial charge in [-0.15, -0.1) is 0 Å². The van der Waals surface area contributed by atoms with Gasteiger partial charge in [0.15, 0.2) is 0 Å². The fraction of sp³-hybridized carbons (Fsp3) is 0.278. The lowest BCUT2D eigenvalue weighted by atomic mass is 10.1. The lowest BCUT2D eigenvalue weighted by Crippen LogP contribution is -2.24. The third kappa shape index (κ3) is 4.82. The van der Waals surface area contributed by atoms with Crippen molar-refractivity contribution in [1.82, 2.24) is 4.98 Å². The van der Waals surface area contributed by atoms with Crippen LogP contribution in [0, 0.1) is 11.3 Å². The third-order valence-corrected chi connectivity index (χ3v) is 2.95.